The van der Waals surface area contributed by atoms with Crippen LogP contribution in [0.2, 0.25) is 0 Å². The lowest BCUT2D eigenvalue weighted by molar-refractivity contribution is 0.521. The summed E-state index contributed by atoms with van der Waals surface area (Å²) < 4.78 is 0.349. The summed E-state index contributed by atoms with van der Waals surface area (Å²) in [6.45, 7) is 9.01. The zero-order valence-electron chi connectivity index (χ0n) is 9.26. The average molecular weight is 230 g/mol. The van der Waals surface area contributed by atoms with Crippen LogP contribution in [0.5, 0.6) is 0 Å². The minimum Gasteiger partial charge on any atom is -0.359 e. The van der Waals surface area contributed by atoms with Gasteiger partial charge in [0.15, 0.2) is 5.17 Å². The Morgan fingerprint density at radius 3 is 2.43 bits per heavy atom. The summed E-state index contributed by atoms with van der Waals surface area (Å²) >= 11 is 3.87. The molecule has 0 radical (unpaired) electrons. The first-order valence-electron chi connectivity index (χ1n) is 5.02. The van der Waals surface area contributed by atoms with Crippen molar-refractivity contribution in [2.24, 2.45) is 4.99 Å². The van der Waals surface area contributed by atoms with Crippen LogP contribution in [0.1, 0.15) is 27.7 Å². The summed E-state index contributed by atoms with van der Waals surface area (Å²) in [7, 11) is 0. The van der Waals surface area contributed by atoms with E-state index in [1.165, 1.54) is 5.75 Å². The molecule has 1 atom stereocenters. The van der Waals surface area contributed by atoms with Gasteiger partial charge < -0.3 is 5.32 Å². The van der Waals surface area contributed by atoms with Crippen molar-refractivity contribution >= 4 is 28.7 Å². The lowest BCUT2D eigenvalue weighted by Gasteiger charge is -2.41. The van der Waals surface area contributed by atoms with Crippen molar-refractivity contribution in [3.8, 4) is 0 Å². The van der Waals surface area contributed by atoms with E-state index in [9.17, 15) is 0 Å². The standard InChI is InChI=1S/C10H18N2S2/c1-9(2)6-13-8(12-9)11-7-5-14-10(7,3)4/h7H,5-6H2,1-4H3,(H,11,12). The van der Waals surface area contributed by atoms with Gasteiger partial charge >= 0.3 is 0 Å². The molecule has 0 aromatic rings. The molecule has 1 unspecified atom stereocenters. The molecule has 14 heavy (non-hydrogen) atoms. The molecule has 80 valence electrons. The maximum absolute atomic E-state index is 4.78. The number of thioether (sulfide) groups is 2. The summed E-state index contributed by atoms with van der Waals surface area (Å²) in [4.78, 5) is 4.78. The van der Waals surface area contributed by atoms with Gasteiger partial charge in [-0.1, -0.05) is 11.8 Å². The molecule has 0 bridgehead atoms. The number of hydrogen-bond donors (Lipinski definition) is 1. The molecule has 0 amide bonds. The van der Waals surface area contributed by atoms with E-state index in [1.807, 2.05) is 23.5 Å². The van der Waals surface area contributed by atoms with Crippen molar-refractivity contribution in [3.05, 3.63) is 0 Å². The lowest BCUT2D eigenvalue weighted by Crippen LogP contribution is -2.45. The molecule has 2 heterocycles. The minimum absolute atomic E-state index is 0.227. The van der Waals surface area contributed by atoms with Crippen LogP contribution in [0, 0.1) is 0 Å². The van der Waals surface area contributed by atoms with E-state index in [0.717, 1.165) is 10.9 Å². The number of rotatable bonds is 1. The topological polar surface area (TPSA) is 24.4 Å². The lowest BCUT2D eigenvalue weighted by atomic mass is 10.0. The molecule has 4 heteroatoms. The van der Waals surface area contributed by atoms with E-state index in [-0.39, 0.29) is 5.54 Å². The quantitative estimate of drug-likeness (QED) is 0.748. The minimum atomic E-state index is 0.227. The van der Waals surface area contributed by atoms with Crippen LogP contribution in [0.15, 0.2) is 4.99 Å². The smallest absolute Gasteiger partial charge is 0.157 e. The summed E-state index contributed by atoms with van der Waals surface area (Å²) in [6, 6.07) is 0.511. The van der Waals surface area contributed by atoms with Gasteiger partial charge in [-0.2, -0.15) is 11.8 Å². The summed E-state index contributed by atoms with van der Waals surface area (Å²) in [5.41, 5.74) is 0.227. The SMILES string of the molecule is CC1(C)CSC(=NC2CSC2(C)C)N1. The van der Waals surface area contributed by atoms with Gasteiger partial charge in [0.1, 0.15) is 0 Å². The van der Waals surface area contributed by atoms with E-state index in [0.29, 0.717) is 10.8 Å². The Hall–Kier alpha value is 0.170. The zero-order valence-corrected chi connectivity index (χ0v) is 10.9. The molecule has 0 aliphatic carbocycles. The Kier molecular flexibility index (Phi) is 2.55. The molecule has 2 aliphatic heterocycles. The van der Waals surface area contributed by atoms with Crippen LogP contribution < -0.4 is 5.32 Å². The highest BCUT2D eigenvalue weighted by Crippen LogP contribution is 2.42. The molecule has 0 aromatic carbocycles. The number of aliphatic imine (C=N–C) groups is 1. The van der Waals surface area contributed by atoms with Gasteiger partial charge in [0.25, 0.3) is 0 Å². The van der Waals surface area contributed by atoms with Crippen LogP contribution in [0.3, 0.4) is 0 Å². The van der Waals surface area contributed by atoms with Crippen LogP contribution in [0.4, 0.5) is 0 Å². The van der Waals surface area contributed by atoms with Crippen molar-refractivity contribution < 1.29 is 0 Å². The summed E-state index contributed by atoms with van der Waals surface area (Å²) in [5, 5.41) is 4.62. The van der Waals surface area contributed by atoms with Gasteiger partial charge in [-0.05, 0) is 27.7 Å². The first-order chi connectivity index (χ1) is 6.39. The molecule has 0 spiro atoms. The second kappa shape index (κ2) is 3.34. The van der Waals surface area contributed by atoms with Gasteiger partial charge in [-0.25, -0.2) is 0 Å². The zero-order chi connectivity index (χ0) is 10.4. The molecule has 2 fully saturated rings. The van der Waals surface area contributed by atoms with Crippen molar-refractivity contribution in [2.45, 2.75) is 44.0 Å². The fourth-order valence-corrected chi connectivity index (χ4v) is 3.74. The average Bonchev–Trinajstić information content (AvgIpc) is 2.40. The van der Waals surface area contributed by atoms with Crippen molar-refractivity contribution in [1.82, 2.24) is 5.32 Å². The van der Waals surface area contributed by atoms with E-state index in [1.54, 1.807) is 0 Å². The Labute approximate surface area is 94.7 Å². The van der Waals surface area contributed by atoms with E-state index >= 15 is 0 Å². The van der Waals surface area contributed by atoms with Crippen LogP contribution in [-0.4, -0.2) is 33.0 Å². The third-order valence-electron chi connectivity index (χ3n) is 2.70. The predicted molar refractivity (Wildman–Crippen MR) is 67.4 cm³/mol. The van der Waals surface area contributed by atoms with Gasteiger partial charge in [0.05, 0.1) is 6.04 Å². The van der Waals surface area contributed by atoms with Crippen molar-refractivity contribution in [2.75, 3.05) is 11.5 Å². The molecule has 0 saturated carbocycles. The van der Waals surface area contributed by atoms with Gasteiger partial charge in [0, 0.05) is 21.8 Å². The summed E-state index contributed by atoms with van der Waals surface area (Å²) in [5.74, 6) is 2.31. The Balaban J connectivity index is 2.00. The number of nitrogens with one attached hydrogen (secondary N) is 1. The van der Waals surface area contributed by atoms with Gasteiger partial charge in [-0.15, -0.1) is 0 Å². The fourth-order valence-electron chi connectivity index (χ4n) is 1.51. The highest BCUT2D eigenvalue weighted by atomic mass is 32.2. The molecule has 1 N–H and O–H groups in total. The molecule has 2 nitrogen and oxygen atoms in total. The maximum atomic E-state index is 4.78. The molecular weight excluding hydrogens is 212 g/mol. The Morgan fingerprint density at radius 2 is 2.07 bits per heavy atom. The molecular formula is C10H18N2S2. The van der Waals surface area contributed by atoms with E-state index < -0.39 is 0 Å². The highest BCUT2D eigenvalue weighted by Gasteiger charge is 2.40. The third kappa shape index (κ3) is 2.06. The molecule has 0 aromatic heterocycles. The first-order valence-corrected chi connectivity index (χ1v) is 6.99. The fraction of sp³-hybridized carbons (Fsp3) is 0.900. The van der Waals surface area contributed by atoms with Gasteiger partial charge in [0.2, 0.25) is 0 Å². The normalized spacial score (nSPS) is 36.6. The van der Waals surface area contributed by atoms with E-state index in [2.05, 4.69) is 33.0 Å². The second-order valence-electron chi connectivity index (χ2n) is 5.16. The Bertz CT molecular complexity index is 271. The summed E-state index contributed by atoms with van der Waals surface area (Å²) in [6.07, 6.45) is 0. The predicted octanol–water partition coefficient (Wildman–Crippen LogP) is 2.35. The first kappa shape index (κ1) is 10.7. The van der Waals surface area contributed by atoms with Gasteiger partial charge in [-0.3, -0.25) is 4.99 Å². The second-order valence-corrected chi connectivity index (χ2v) is 7.80. The largest absolute Gasteiger partial charge is 0.359 e. The maximum Gasteiger partial charge on any atom is 0.157 e. The van der Waals surface area contributed by atoms with Crippen LogP contribution in [-0.2, 0) is 0 Å². The van der Waals surface area contributed by atoms with E-state index in [4.69, 9.17) is 4.99 Å². The molecule has 2 rings (SSSR count). The monoisotopic (exact) mass is 230 g/mol. The number of nitrogens with zero attached hydrogens (tertiary/aromatic N) is 1. The number of amidine groups is 1. The highest BCUT2D eigenvalue weighted by molar-refractivity contribution is 8.14. The van der Waals surface area contributed by atoms with Crippen molar-refractivity contribution in [1.29, 1.82) is 0 Å². The van der Waals surface area contributed by atoms with Crippen LogP contribution in [0.25, 0.3) is 0 Å². The molecule has 2 saturated heterocycles. The van der Waals surface area contributed by atoms with Crippen molar-refractivity contribution in [3.63, 3.8) is 0 Å². The molecule has 2 aliphatic rings. The van der Waals surface area contributed by atoms with Crippen LogP contribution >= 0.6 is 23.5 Å². The third-order valence-corrected chi connectivity index (χ3v) is 5.55. The Morgan fingerprint density at radius 1 is 1.36 bits per heavy atom. The number of hydrogen-bond acceptors (Lipinski definition) is 3.